The number of piperazine rings is 1. The third kappa shape index (κ3) is 4.17. The molecule has 9 heteroatoms. The molecule has 0 amide bonds. The molecule has 0 spiro atoms. The van der Waals surface area contributed by atoms with Crippen LogP contribution < -0.4 is 25.4 Å². The van der Waals surface area contributed by atoms with Crippen LogP contribution in [0.5, 0.6) is 11.5 Å². The number of rotatable bonds is 5. The second-order valence-corrected chi connectivity index (χ2v) is 7.54. The first-order valence-electron chi connectivity index (χ1n) is 10.1. The number of hydrogen-bond acceptors (Lipinski definition) is 8. The molecule has 2 aliphatic heterocycles. The fourth-order valence-electron chi connectivity index (χ4n) is 3.82. The van der Waals surface area contributed by atoms with Gasteiger partial charge in [-0.05, 0) is 42.0 Å². The zero-order valence-corrected chi connectivity index (χ0v) is 16.9. The van der Waals surface area contributed by atoms with Crippen LogP contribution in [0, 0.1) is 5.82 Å². The highest BCUT2D eigenvalue weighted by molar-refractivity contribution is 5.78. The lowest BCUT2D eigenvalue weighted by Crippen LogP contribution is -2.46. The molecule has 5 rings (SSSR count). The van der Waals surface area contributed by atoms with E-state index in [4.69, 9.17) is 15.2 Å². The van der Waals surface area contributed by atoms with Gasteiger partial charge >= 0.3 is 0 Å². The molecule has 0 radical (unpaired) electrons. The molecule has 2 aliphatic rings. The molecule has 1 aromatic heterocycles. The largest absolute Gasteiger partial charge is 0.454 e. The van der Waals surface area contributed by atoms with Gasteiger partial charge in [-0.2, -0.15) is 0 Å². The molecule has 0 atom stereocenters. The standard InChI is InChI=1S/C22H23FN6O2/c23-16-2-4-17(5-3-16)27-21-20(24)22(26-13-25-21)29-9-7-28(8-10-29)12-15-1-6-18-19(11-15)31-14-30-18/h1-6,11,13H,7-10,12,14,24H2,(H,25,26,27). The first-order valence-corrected chi connectivity index (χ1v) is 10.1. The Bertz CT molecular complexity index is 1070. The van der Waals surface area contributed by atoms with Crippen LogP contribution in [0.25, 0.3) is 0 Å². The number of nitrogens with two attached hydrogens (primary N) is 1. The molecular formula is C22H23FN6O2. The van der Waals surface area contributed by atoms with Crippen LogP contribution in [0.3, 0.4) is 0 Å². The van der Waals surface area contributed by atoms with E-state index in [1.54, 1.807) is 12.1 Å². The summed E-state index contributed by atoms with van der Waals surface area (Å²) in [4.78, 5) is 13.2. The topological polar surface area (TPSA) is 88.8 Å². The molecule has 31 heavy (non-hydrogen) atoms. The molecule has 1 saturated heterocycles. The lowest BCUT2D eigenvalue weighted by atomic mass is 10.1. The van der Waals surface area contributed by atoms with Crippen LogP contribution in [0.1, 0.15) is 5.56 Å². The number of aromatic nitrogens is 2. The van der Waals surface area contributed by atoms with Crippen molar-refractivity contribution in [1.29, 1.82) is 0 Å². The van der Waals surface area contributed by atoms with E-state index in [9.17, 15) is 4.39 Å². The third-order valence-electron chi connectivity index (χ3n) is 5.48. The maximum Gasteiger partial charge on any atom is 0.231 e. The summed E-state index contributed by atoms with van der Waals surface area (Å²) >= 11 is 0. The van der Waals surface area contributed by atoms with Crippen LogP contribution in [0.4, 0.5) is 27.4 Å². The van der Waals surface area contributed by atoms with Gasteiger partial charge in [-0.3, -0.25) is 4.90 Å². The Morgan fingerprint density at radius 1 is 0.968 bits per heavy atom. The fourth-order valence-corrected chi connectivity index (χ4v) is 3.82. The summed E-state index contributed by atoms with van der Waals surface area (Å²) in [6.45, 7) is 4.53. The van der Waals surface area contributed by atoms with Gasteiger partial charge in [-0.25, -0.2) is 14.4 Å². The van der Waals surface area contributed by atoms with E-state index in [1.807, 2.05) is 12.1 Å². The number of benzene rings is 2. The molecule has 0 unspecified atom stereocenters. The van der Waals surface area contributed by atoms with Crippen molar-refractivity contribution in [3.63, 3.8) is 0 Å². The van der Waals surface area contributed by atoms with E-state index in [1.165, 1.54) is 24.0 Å². The summed E-state index contributed by atoms with van der Waals surface area (Å²) in [5.41, 5.74) is 8.76. The Labute approximate surface area is 179 Å². The maximum atomic E-state index is 13.1. The summed E-state index contributed by atoms with van der Waals surface area (Å²) in [5, 5.41) is 3.14. The fraction of sp³-hybridized carbons (Fsp3) is 0.273. The smallest absolute Gasteiger partial charge is 0.231 e. The summed E-state index contributed by atoms with van der Waals surface area (Å²) in [6.07, 6.45) is 1.50. The number of nitrogens with zero attached hydrogens (tertiary/aromatic N) is 4. The predicted molar refractivity (Wildman–Crippen MR) is 116 cm³/mol. The van der Waals surface area contributed by atoms with Crippen molar-refractivity contribution >= 4 is 23.0 Å². The van der Waals surface area contributed by atoms with Gasteiger partial charge in [0.15, 0.2) is 23.1 Å². The average molecular weight is 422 g/mol. The Morgan fingerprint density at radius 2 is 1.74 bits per heavy atom. The van der Waals surface area contributed by atoms with Crippen molar-refractivity contribution in [3.05, 3.63) is 60.2 Å². The lowest BCUT2D eigenvalue weighted by molar-refractivity contribution is 0.174. The summed E-state index contributed by atoms with van der Waals surface area (Å²) in [5.74, 6) is 2.55. The van der Waals surface area contributed by atoms with Crippen LogP contribution in [-0.4, -0.2) is 47.8 Å². The highest BCUT2D eigenvalue weighted by Crippen LogP contribution is 2.33. The zero-order chi connectivity index (χ0) is 21.2. The van der Waals surface area contributed by atoms with Crippen molar-refractivity contribution < 1.29 is 13.9 Å². The molecule has 8 nitrogen and oxygen atoms in total. The van der Waals surface area contributed by atoms with Crippen LogP contribution >= 0.6 is 0 Å². The minimum atomic E-state index is -0.291. The van der Waals surface area contributed by atoms with E-state index < -0.39 is 0 Å². The summed E-state index contributed by atoms with van der Waals surface area (Å²) in [7, 11) is 0. The van der Waals surface area contributed by atoms with E-state index in [2.05, 4.69) is 31.2 Å². The van der Waals surface area contributed by atoms with Crippen molar-refractivity contribution in [2.24, 2.45) is 0 Å². The van der Waals surface area contributed by atoms with Crippen LogP contribution in [0.2, 0.25) is 0 Å². The number of halogens is 1. The molecule has 160 valence electrons. The quantitative estimate of drug-likeness (QED) is 0.649. The predicted octanol–water partition coefficient (Wildman–Crippen LogP) is 2.99. The van der Waals surface area contributed by atoms with Crippen molar-refractivity contribution in [2.75, 3.05) is 48.9 Å². The lowest BCUT2D eigenvalue weighted by Gasteiger charge is -2.36. The molecule has 0 aliphatic carbocycles. The molecule has 0 bridgehead atoms. The summed E-state index contributed by atoms with van der Waals surface area (Å²) < 4.78 is 24.0. The second kappa shape index (κ2) is 8.27. The molecule has 2 aromatic carbocycles. The minimum absolute atomic E-state index is 0.288. The van der Waals surface area contributed by atoms with E-state index in [0.717, 1.165) is 44.2 Å². The second-order valence-electron chi connectivity index (χ2n) is 7.54. The number of fused-ring (bicyclic) bond motifs is 1. The molecule has 3 N–H and O–H groups in total. The number of nitrogens with one attached hydrogen (secondary N) is 1. The monoisotopic (exact) mass is 422 g/mol. The first kappa shape index (κ1) is 19.4. The van der Waals surface area contributed by atoms with Gasteiger partial charge in [0, 0.05) is 38.4 Å². The summed E-state index contributed by atoms with van der Waals surface area (Å²) in [6, 6.07) is 12.2. The number of ether oxygens (including phenoxy) is 2. The zero-order valence-electron chi connectivity index (χ0n) is 16.9. The van der Waals surface area contributed by atoms with Crippen LogP contribution in [0.15, 0.2) is 48.8 Å². The highest BCUT2D eigenvalue weighted by Gasteiger charge is 2.22. The van der Waals surface area contributed by atoms with Gasteiger partial charge in [0.2, 0.25) is 6.79 Å². The molecular weight excluding hydrogens is 399 g/mol. The molecule has 1 fully saturated rings. The Kier molecular flexibility index (Phi) is 5.17. The van der Waals surface area contributed by atoms with Gasteiger partial charge in [0.25, 0.3) is 0 Å². The van der Waals surface area contributed by atoms with E-state index in [0.29, 0.717) is 23.0 Å². The van der Waals surface area contributed by atoms with Gasteiger partial charge in [-0.15, -0.1) is 0 Å². The molecule has 3 heterocycles. The first-order chi connectivity index (χ1) is 15.2. The van der Waals surface area contributed by atoms with Crippen molar-refractivity contribution in [2.45, 2.75) is 6.54 Å². The minimum Gasteiger partial charge on any atom is -0.454 e. The average Bonchev–Trinajstić information content (AvgIpc) is 3.25. The molecule has 0 saturated carbocycles. The molecule has 3 aromatic rings. The third-order valence-corrected chi connectivity index (χ3v) is 5.48. The Hall–Kier alpha value is -3.59. The number of nitrogen functional groups attached to an aromatic ring is 1. The number of anilines is 4. The van der Waals surface area contributed by atoms with E-state index in [-0.39, 0.29) is 12.6 Å². The normalized spacial score (nSPS) is 15.8. The van der Waals surface area contributed by atoms with Crippen molar-refractivity contribution in [3.8, 4) is 11.5 Å². The van der Waals surface area contributed by atoms with Gasteiger partial charge < -0.3 is 25.4 Å². The van der Waals surface area contributed by atoms with E-state index >= 15 is 0 Å². The number of hydrogen-bond donors (Lipinski definition) is 2. The van der Waals surface area contributed by atoms with Crippen LogP contribution in [-0.2, 0) is 6.54 Å². The SMILES string of the molecule is Nc1c(Nc2ccc(F)cc2)ncnc1N1CCN(Cc2ccc3c(c2)OCO3)CC1. The van der Waals surface area contributed by atoms with Gasteiger partial charge in [0.05, 0.1) is 0 Å². The van der Waals surface area contributed by atoms with Gasteiger partial charge in [-0.1, -0.05) is 6.07 Å². The van der Waals surface area contributed by atoms with Gasteiger partial charge in [0.1, 0.15) is 17.8 Å². The highest BCUT2D eigenvalue weighted by atomic mass is 19.1. The maximum absolute atomic E-state index is 13.1. The Morgan fingerprint density at radius 3 is 2.55 bits per heavy atom. The van der Waals surface area contributed by atoms with Crippen molar-refractivity contribution in [1.82, 2.24) is 14.9 Å². The Balaban J connectivity index is 1.22.